The van der Waals surface area contributed by atoms with Gasteiger partial charge in [0.05, 0.1) is 44.7 Å². The Bertz CT molecular complexity index is 1490. The first-order valence-corrected chi connectivity index (χ1v) is 18.1. The maximum absolute atomic E-state index is 12.0. The molecule has 7 rings (SSSR count). The summed E-state index contributed by atoms with van der Waals surface area (Å²) in [7, 11) is 0. The van der Waals surface area contributed by atoms with E-state index in [-0.39, 0.29) is 29.5 Å². The number of benzene rings is 3. The molecule has 49 heavy (non-hydrogen) atoms. The van der Waals surface area contributed by atoms with Gasteiger partial charge in [0.2, 0.25) is 6.41 Å². The molecular weight excluding hydrogens is 618 g/mol. The van der Waals surface area contributed by atoms with Crippen molar-refractivity contribution in [2.24, 2.45) is 11.8 Å². The van der Waals surface area contributed by atoms with E-state index in [4.69, 9.17) is 9.47 Å². The Morgan fingerprint density at radius 2 is 1.69 bits per heavy atom. The van der Waals surface area contributed by atoms with Crippen LogP contribution in [0.4, 0.5) is 5.69 Å². The number of amides is 1. The number of phenols is 1. The van der Waals surface area contributed by atoms with E-state index in [1.165, 1.54) is 44.8 Å². The standard InChI is InChI=1S/C40H53N3O6/c1-29(41-24-38(46)33-15-16-37(45)36(23-33)42-28-44)31-13-11-30(12-14-31)26-48-22-21-43-19-17-32(18-20-43)39(25-43)49-27-40(47,35-9-5-6-10-35)34-7-3-2-4-8-34/h2-4,7-8,11-16,23,28-29,32,35,38-39,41,46-47H,5-6,9-10,17-22,24-27H2,1H3,(H-,42,44,45)/p+1/t29-,32?,38+,39+,40-,43?/m1/s1. The molecular formula is C40H54N3O6+. The van der Waals surface area contributed by atoms with Crippen LogP contribution in [0.2, 0.25) is 0 Å². The highest BCUT2D eigenvalue weighted by Crippen LogP contribution is 2.42. The van der Waals surface area contributed by atoms with Crippen molar-refractivity contribution in [3.8, 4) is 5.75 Å². The van der Waals surface area contributed by atoms with Crippen molar-refractivity contribution in [2.75, 3.05) is 51.3 Å². The number of nitrogens with zero attached hydrogens (tertiary/aromatic N) is 1. The molecule has 1 aliphatic carbocycles. The number of aliphatic hydroxyl groups is 2. The van der Waals surface area contributed by atoms with Gasteiger partial charge in [-0.05, 0) is 60.1 Å². The molecule has 0 radical (unpaired) electrons. The molecule has 3 aromatic carbocycles. The summed E-state index contributed by atoms with van der Waals surface area (Å²) in [5, 5.41) is 38.4. The van der Waals surface area contributed by atoms with E-state index >= 15 is 0 Å². The Kier molecular flexibility index (Phi) is 11.7. The number of hydrogen-bond acceptors (Lipinski definition) is 7. The molecule has 4 atom stereocenters. The minimum absolute atomic E-state index is 0.0177. The highest BCUT2D eigenvalue weighted by Gasteiger charge is 2.48. The Hall–Kier alpha value is -3.31. The minimum atomic E-state index is -0.920. The van der Waals surface area contributed by atoms with Crippen molar-refractivity contribution in [2.45, 2.75) is 75.9 Å². The van der Waals surface area contributed by atoms with E-state index in [9.17, 15) is 20.1 Å². The number of quaternary nitrogens is 1. The molecule has 1 amide bonds. The zero-order valence-corrected chi connectivity index (χ0v) is 28.8. The number of carbonyl (C=O) groups excluding carboxylic acids is 1. The van der Waals surface area contributed by atoms with Crippen molar-refractivity contribution in [3.63, 3.8) is 0 Å². The van der Waals surface area contributed by atoms with Crippen LogP contribution in [0.25, 0.3) is 0 Å². The Balaban J connectivity index is 0.949. The first kappa shape index (κ1) is 35.5. The fourth-order valence-electron chi connectivity index (χ4n) is 8.34. The Labute approximate surface area is 290 Å². The molecule has 3 heterocycles. The monoisotopic (exact) mass is 672 g/mol. The summed E-state index contributed by atoms with van der Waals surface area (Å²) in [5.74, 6) is 0.790. The average Bonchev–Trinajstić information content (AvgIpc) is 3.70. The lowest BCUT2D eigenvalue weighted by molar-refractivity contribution is -0.946. The van der Waals surface area contributed by atoms with Crippen LogP contribution in [0.5, 0.6) is 5.75 Å². The zero-order valence-electron chi connectivity index (χ0n) is 28.8. The normalized spacial score (nSPS) is 24.7. The van der Waals surface area contributed by atoms with Crippen LogP contribution in [0.3, 0.4) is 0 Å². The third-order valence-electron chi connectivity index (χ3n) is 11.6. The Morgan fingerprint density at radius 1 is 0.980 bits per heavy atom. The van der Waals surface area contributed by atoms with Gasteiger partial charge in [-0.15, -0.1) is 0 Å². The number of aliphatic hydroxyl groups excluding tert-OH is 1. The fraction of sp³-hybridized carbons (Fsp3) is 0.525. The summed E-state index contributed by atoms with van der Waals surface area (Å²) in [4.78, 5) is 10.8. The van der Waals surface area contributed by atoms with Crippen LogP contribution in [0.15, 0.2) is 72.8 Å². The van der Waals surface area contributed by atoms with Crippen LogP contribution < -0.4 is 10.6 Å². The molecule has 3 aromatic rings. The second kappa shape index (κ2) is 16.1. The topological polar surface area (TPSA) is 120 Å². The lowest BCUT2D eigenvalue weighted by Gasteiger charge is -2.52. The van der Waals surface area contributed by atoms with E-state index < -0.39 is 11.7 Å². The second-order valence-electron chi connectivity index (χ2n) is 14.6. The molecule has 9 heteroatoms. The van der Waals surface area contributed by atoms with Crippen LogP contribution >= 0.6 is 0 Å². The van der Waals surface area contributed by atoms with Crippen molar-refractivity contribution in [1.29, 1.82) is 0 Å². The SMILES string of the molecule is C[C@@H](NC[C@H](O)c1ccc(O)c(NC=O)c1)c1ccc(COCC[N+]23CCC(CC2)[C@@H](OC[C@@](O)(c2ccccc2)C2CCCC2)C3)cc1. The molecule has 4 fully saturated rings. The fourth-order valence-corrected chi connectivity index (χ4v) is 8.34. The van der Waals surface area contributed by atoms with Gasteiger partial charge < -0.3 is 39.9 Å². The van der Waals surface area contributed by atoms with Crippen molar-refractivity contribution in [1.82, 2.24) is 5.32 Å². The van der Waals surface area contributed by atoms with Gasteiger partial charge in [-0.3, -0.25) is 4.79 Å². The maximum Gasteiger partial charge on any atom is 0.211 e. The van der Waals surface area contributed by atoms with Crippen LogP contribution in [0, 0.1) is 11.8 Å². The predicted octanol–water partition coefficient (Wildman–Crippen LogP) is 5.56. The van der Waals surface area contributed by atoms with Gasteiger partial charge in [0, 0.05) is 31.3 Å². The number of carbonyl (C=O) groups is 1. The maximum atomic E-state index is 12.0. The van der Waals surface area contributed by atoms with Crippen molar-refractivity contribution >= 4 is 12.1 Å². The molecule has 9 nitrogen and oxygen atoms in total. The first-order valence-electron chi connectivity index (χ1n) is 18.1. The molecule has 0 unspecified atom stereocenters. The van der Waals surface area contributed by atoms with E-state index in [1.807, 2.05) is 18.2 Å². The summed E-state index contributed by atoms with van der Waals surface area (Å²) in [6, 6.07) is 23.3. The number of rotatable bonds is 17. The van der Waals surface area contributed by atoms with Crippen LogP contribution in [-0.2, 0) is 26.5 Å². The lowest BCUT2D eigenvalue weighted by atomic mass is 9.80. The van der Waals surface area contributed by atoms with Crippen molar-refractivity contribution in [3.05, 3.63) is 95.1 Å². The third-order valence-corrected chi connectivity index (χ3v) is 11.6. The summed E-state index contributed by atoms with van der Waals surface area (Å²) in [5.41, 5.74) is 3.18. The summed E-state index contributed by atoms with van der Waals surface area (Å²) < 4.78 is 14.0. The van der Waals surface area contributed by atoms with E-state index in [0.29, 0.717) is 44.3 Å². The van der Waals surface area contributed by atoms with Crippen LogP contribution in [0.1, 0.15) is 79.8 Å². The molecule has 0 aromatic heterocycles. The molecule has 3 saturated heterocycles. The molecule has 264 valence electrons. The molecule has 3 aliphatic heterocycles. The first-order chi connectivity index (χ1) is 23.8. The number of ether oxygens (including phenoxy) is 2. The third kappa shape index (κ3) is 8.53. The van der Waals surface area contributed by atoms with Gasteiger partial charge in [-0.1, -0.05) is 73.5 Å². The highest BCUT2D eigenvalue weighted by atomic mass is 16.5. The zero-order chi connectivity index (χ0) is 34.3. The minimum Gasteiger partial charge on any atom is -0.506 e. The number of anilines is 1. The molecule has 5 N–H and O–H groups in total. The summed E-state index contributed by atoms with van der Waals surface area (Å²) in [6.45, 7) is 8.35. The molecule has 4 aliphatic rings. The highest BCUT2D eigenvalue weighted by molar-refractivity contribution is 5.75. The number of nitrogens with one attached hydrogen (secondary N) is 2. The molecule has 0 spiro atoms. The largest absolute Gasteiger partial charge is 0.506 e. The lowest BCUT2D eigenvalue weighted by Crippen LogP contribution is -2.65. The van der Waals surface area contributed by atoms with Gasteiger partial charge in [-0.2, -0.15) is 0 Å². The van der Waals surface area contributed by atoms with E-state index in [0.717, 1.165) is 47.1 Å². The number of fused-ring (bicyclic) bond motifs is 3. The van der Waals surface area contributed by atoms with Gasteiger partial charge >= 0.3 is 0 Å². The van der Waals surface area contributed by atoms with Crippen LogP contribution in [-0.4, -0.2) is 78.3 Å². The van der Waals surface area contributed by atoms with Gasteiger partial charge in [0.1, 0.15) is 30.5 Å². The van der Waals surface area contributed by atoms with Crippen molar-refractivity contribution < 1.29 is 34.1 Å². The number of aromatic hydroxyl groups is 1. The smallest absolute Gasteiger partial charge is 0.211 e. The molecule has 1 saturated carbocycles. The molecule has 2 bridgehead atoms. The van der Waals surface area contributed by atoms with E-state index in [1.54, 1.807) is 12.1 Å². The summed E-state index contributed by atoms with van der Waals surface area (Å²) in [6.07, 6.45) is 6.74. The quantitative estimate of drug-likeness (QED) is 0.0551. The summed E-state index contributed by atoms with van der Waals surface area (Å²) >= 11 is 0. The number of phenolic OH excluding ortho intramolecular Hbond substituents is 1. The second-order valence-corrected chi connectivity index (χ2v) is 14.6. The number of piperidine rings is 3. The Morgan fingerprint density at radius 3 is 2.41 bits per heavy atom. The van der Waals surface area contributed by atoms with E-state index in [2.05, 4.69) is 54.0 Å². The average molecular weight is 673 g/mol. The number of hydrogen-bond donors (Lipinski definition) is 5. The van der Waals surface area contributed by atoms with Gasteiger partial charge in [0.15, 0.2) is 0 Å². The van der Waals surface area contributed by atoms with Gasteiger partial charge in [0.25, 0.3) is 0 Å². The van der Waals surface area contributed by atoms with Gasteiger partial charge in [-0.25, -0.2) is 0 Å². The predicted molar refractivity (Wildman–Crippen MR) is 190 cm³/mol.